The van der Waals surface area contributed by atoms with Crippen LogP contribution in [0, 0.1) is 5.92 Å². The molecule has 6 heteroatoms. The largest absolute Gasteiger partial charge is 0.294 e. The lowest BCUT2D eigenvalue weighted by Gasteiger charge is -2.11. The number of hydrogen-bond donors (Lipinski definition) is 0. The number of hydrogen-bond acceptors (Lipinski definition) is 3. The Labute approximate surface area is 190 Å². The first-order valence-electron chi connectivity index (χ1n) is 9.62. The van der Waals surface area contributed by atoms with Gasteiger partial charge in [0.1, 0.15) is 0 Å². The standard InChI is InChI=1S/C24H20Cl2N2OS/c1-15(2)23(29)17-5-10-20(11-6-17)28-22-13-19(26)9-12-21(22)27-24(28)30-14-16-3-7-18(25)8-4-16/h3-13,15H,14H2,1-2H3. The zero-order valence-corrected chi connectivity index (χ0v) is 18.9. The van der Waals surface area contributed by atoms with Crippen molar-refractivity contribution >= 4 is 51.8 Å². The number of fused-ring (bicyclic) bond motifs is 1. The number of benzene rings is 3. The highest BCUT2D eigenvalue weighted by atomic mass is 35.5. The van der Waals surface area contributed by atoms with Crippen molar-refractivity contribution in [2.75, 3.05) is 0 Å². The molecule has 0 amide bonds. The average Bonchev–Trinajstić information content (AvgIpc) is 3.10. The summed E-state index contributed by atoms with van der Waals surface area (Å²) in [5.41, 5.74) is 4.63. The molecule has 0 saturated heterocycles. The van der Waals surface area contributed by atoms with Gasteiger partial charge < -0.3 is 0 Å². The minimum absolute atomic E-state index is 0.0331. The van der Waals surface area contributed by atoms with Gasteiger partial charge in [0.2, 0.25) is 0 Å². The molecule has 4 aromatic rings. The molecular weight excluding hydrogens is 435 g/mol. The van der Waals surface area contributed by atoms with E-state index in [0.717, 1.165) is 32.7 Å². The van der Waals surface area contributed by atoms with Gasteiger partial charge in [-0.15, -0.1) is 0 Å². The van der Waals surface area contributed by atoms with Crippen LogP contribution in [0.5, 0.6) is 0 Å². The Morgan fingerprint density at radius 1 is 0.967 bits per heavy atom. The van der Waals surface area contributed by atoms with Crippen LogP contribution in [-0.2, 0) is 5.75 Å². The minimum Gasteiger partial charge on any atom is -0.294 e. The highest BCUT2D eigenvalue weighted by molar-refractivity contribution is 7.98. The molecule has 0 fully saturated rings. The number of aromatic nitrogens is 2. The summed E-state index contributed by atoms with van der Waals surface area (Å²) in [5.74, 6) is 0.865. The number of carbonyl (C=O) groups is 1. The van der Waals surface area contributed by atoms with Crippen molar-refractivity contribution in [2.24, 2.45) is 5.92 Å². The van der Waals surface area contributed by atoms with Crippen LogP contribution in [0.2, 0.25) is 10.0 Å². The summed E-state index contributed by atoms with van der Waals surface area (Å²) in [7, 11) is 0. The topological polar surface area (TPSA) is 34.9 Å². The van der Waals surface area contributed by atoms with Gasteiger partial charge in [-0.25, -0.2) is 4.98 Å². The third-order valence-electron chi connectivity index (χ3n) is 4.80. The summed E-state index contributed by atoms with van der Waals surface area (Å²) in [5, 5.41) is 2.25. The van der Waals surface area contributed by atoms with Crippen molar-refractivity contribution in [1.82, 2.24) is 9.55 Å². The third kappa shape index (κ3) is 4.41. The number of imidazole rings is 1. The molecule has 0 N–H and O–H groups in total. The lowest BCUT2D eigenvalue weighted by atomic mass is 10.0. The van der Waals surface area contributed by atoms with E-state index in [1.807, 2.05) is 80.6 Å². The molecule has 30 heavy (non-hydrogen) atoms. The van der Waals surface area contributed by atoms with E-state index >= 15 is 0 Å². The van der Waals surface area contributed by atoms with Gasteiger partial charge >= 0.3 is 0 Å². The second kappa shape index (κ2) is 8.84. The Morgan fingerprint density at radius 3 is 2.30 bits per heavy atom. The summed E-state index contributed by atoms with van der Waals surface area (Å²) in [6, 6.07) is 21.2. The first-order chi connectivity index (χ1) is 14.4. The van der Waals surface area contributed by atoms with Gasteiger partial charge in [0.05, 0.1) is 11.0 Å². The summed E-state index contributed by atoms with van der Waals surface area (Å²) in [6.07, 6.45) is 0. The van der Waals surface area contributed by atoms with Gasteiger partial charge in [0, 0.05) is 33.0 Å². The molecule has 0 aliphatic rings. The Balaban J connectivity index is 1.73. The Kier molecular flexibility index (Phi) is 6.19. The molecule has 0 aliphatic carbocycles. The molecule has 3 nitrogen and oxygen atoms in total. The van der Waals surface area contributed by atoms with Crippen LogP contribution in [0.3, 0.4) is 0 Å². The quantitative estimate of drug-likeness (QED) is 0.224. The number of carbonyl (C=O) groups excluding carboxylic acids is 1. The molecule has 0 atom stereocenters. The number of thioether (sulfide) groups is 1. The van der Waals surface area contributed by atoms with Gasteiger partial charge in [-0.3, -0.25) is 9.36 Å². The molecule has 0 bridgehead atoms. The van der Waals surface area contributed by atoms with Crippen LogP contribution in [0.15, 0.2) is 71.9 Å². The van der Waals surface area contributed by atoms with Gasteiger partial charge in [-0.05, 0) is 60.2 Å². The molecule has 3 aromatic carbocycles. The first-order valence-corrected chi connectivity index (χ1v) is 11.4. The Bertz CT molecular complexity index is 1200. The van der Waals surface area contributed by atoms with Crippen molar-refractivity contribution in [3.8, 4) is 5.69 Å². The fourth-order valence-electron chi connectivity index (χ4n) is 3.21. The molecule has 4 rings (SSSR count). The summed E-state index contributed by atoms with van der Waals surface area (Å²) < 4.78 is 2.09. The van der Waals surface area contributed by atoms with Gasteiger partial charge in [-0.1, -0.05) is 60.9 Å². The zero-order valence-electron chi connectivity index (χ0n) is 16.6. The van der Waals surface area contributed by atoms with E-state index in [1.54, 1.807) is 11.8 Å². The molecule has 0 saturated carbocycles. The SMILES string of the molecule is CC(C)C(=O)c1ccc(-n2c(SCc3ccc(Cl)cc3)nc3ccc(Cl)cc32)cc1. The predicted octanol–water partition coefficient (Wildman–Crippen LogP) is 7.46. The van der Waals surface area contributed by atoms with E-state index in [1.165, 1.54) is 5.56 Å². The maximum Gasteiger partial charge on any atom is 0.174 e. The molecule has 0 aliphatic heterocycles. The molecular formula is C24H20Cl2N2OS. The van der Waals surface area contributed by atoms with Gasteiger partial charge in [0.25, 0.3) is 0 Å². The highest BCUT2D eigenvalue weighted by Crippen LogP contribution is 2.32. The lowest BCUT2D eigenvalue weighted by Crippen LogP contribution is -2.07. The van der Waals surface area contributed by atoms with Crippen LogP contribution in [-0.4, -0.2) is 15.3 Å². The van der Waals surface area contributed by atoms with E-state index in [4.69, 9.17) is 28.2 Å². The monoisotopic (exact) mass is 454 g/mol. The number of Topliss-reactive ketones (excluding diaryl/α,β-unsaturated/α-hetero) is 1. The molecule has 0 radical (unpaired) electrons. The van der Waals surface area contributed by atoms with Crippen LogP contribution in [0.1, 0.15) is 29.8 Å². The van der Waals surface area contributed by atoms with Crippen molar-refractivity contribution in [3.63, 3.8) is 0 Å². The predicted molar refractivity (Wildman–Crippen MR) is 126 cm³/mol. The van der Waals surface area contributed by atoms with Crippen LogP contribution >= 0.6 is 35.0 Å². The fraction of sp³-hybridized carbons (Fsp3) is 0.167. The van der Waals surface area contributed by atoms with E-state index in [2.05, 4.69) is 4.57 Å². The van der Waals surface area contributed by atoms with Crippen molar-refractivity contribution in [2.45, 2.75) is 24.8 Å². The van der Waals surface area contributed by atoms with Crippen molar-refractivity contribution < 1.29 is 4.79 Å². The molecule has 1 heterocycles. The van der Waals surface area contributed by atoms with Gasteiger partial charge in [-0.2, -0.15) is 0 Å². The zero-order chi connectivity index (χ0) is 21.3. The number of halogens is 2. The normalized spacial score (nSPS) is 11.4. The van der Waals surface area contributed by atoms with E-state index in [-0.39, 0.29) is 11.7 Å². The van der Waals surface area contributed by atoms with Crippen LogP contribution in [0.4, 0.5) is 0 Å². The molecule has 1 aromatic heterocycles. The number of rotatable bonds is 6. The van der Waals surface area contributed by atoms with Crippen molar-refractivity contribution in [3.05, 3.63) is 87.9 Å². The van der Waals surface area contributed by atoms with Crippen LogP contribution < -0.4 is 0 Å². The number of nitrogens with zero attached hydrogens (tertiary/aromatic N) is 2. The van der Waals surface area contributed by atoms with Gasteiger partial charge in [0.15, 0.2) is 10.9 Å². The second-order valence-corrected chi connectivity index (χ2v) is 9.16. The Morgan fingerprint density at radius 2 is 1.63 bits per heavy atom. The maximum atomic E-state index is 12.3. The van der Waals surface area contributed by atoms with E-state index < -0.39 is 0 Å². The van der Waals surface area contributed by atoms with E-state index in [0.29, 0.717) is 10.6 Å². The lowest BCUT2D eigenvalue weighted by molar-refractivity contribution is 0.0939. The number of ketones is 1. The van der Waals surface area contributed by atoms with Crippen molar-refractivity contribution in [1.29, 1.82) is 0 Å². The third-order valence-corrected chi connectivity index (χ3v) is 6.30. The smallest absolute Gasteiger partial charge is 0.174 e. The summed E-state index contributed by atoms with van der Waals surface area (Å²) in [6.45, 7) is 3.82. The highest BCUT2D eigenvalue weighted by Gasteiger charge is 2.15. The second-order valence-electron chi connectivity index (χ2n) is 7.34. The molecule has 152 valence electrons. The Hall–Kier alpha value is -2.27. The molecule has 0 unspecified atom stereocenters. The van der Waals surface area contributed by atoms with Crippen LogP contribution in [0.25, 0.3) is 16.7 Å². The maximum absolute atomic E-state index is 12.3. The summed E-state index contributed by atoms with van der Waals surface area (Å²) >= 11 is 13.9. The molecule has 0 spiro atoms. The van der Waals surface area contributed by atoms with E-state index in [9.17, 15) is 4.79 Å². The minimum atomic E-state index is -0.0331. The fourth-order valence-corrected chi connectivity index (χ4v) is 4.49. The first kappa shape index (κ1) is 21.0. The summed E-state index contributed by atoms with van der Waals surface area (Å²) in [4.78, 5) is 17.1. The average molecular weight is 455 g/mol.